The van der Waals surface area contributed by atoms with Crippen LogP contribution in [0.4, 0.5) is 16.4 Å². The van der Waals surface area contributed by atoms with Crippen molar-refractivity contribution >= 4 is 29.3 Å². The molecule has 6 heterocycles. The van der Waals surface area contributed by atoms with Gasteiger partial charge in [-0.05, 0) is 18.2 Å². The Morgan fingerprint density at radius 3 is 2.71 bits per heavy atom. The van der Waals surface area contributed by atoms with Gasteiger partial charge in [0.1, 0.15) is 17.7 Å². The summed E-state index contributed by atoms with van der Waals surface area (Å²) in [6.07, 6.45) is 4.99. The van der Waals surface area contributed by atoms with E-state index >= 15 is 0 Å². The van der Waals surface area contributed by atoms with Gasteiger partial charge in [0.15, 0.2) is 5.65 Å². The van der Waals surface area contributed by atoms with Crippen molar-refractivity contribution in [1.82, 2.24) is 35.1 Å². The van der Waals surface area contributed by atoms with E-state index in [1.807, 2.05) is 30.6 Å². The van der Waals surface area contributed by atoms with Crippen LogP contribution < -0.4 is 20.9 Å². The number of hydrogen-bond donors (Lipinski definition) is 3. The Morgan fingerprint density at radius 2 is 1.97 bits per heavy atom. The van der Waals surface area contributed by atoms with Crippen LogP contribution in [-0.2, 0) is 9.53 Å². The van der Waals surface area contributed by atoms with Crippen LogP contribution in [-0.4, -0.2) is 94.4 Å². The monoisotopic (exact) mass is 477 g/mol. The number of nitrogens with one attached hydrogen (secondary N) is 3. The van der Waals surface area contributed by atoms with Crippen molar-refractivity contribution in [3.8, 4) is 11.1 Å². The predicted molar refractivity (Wildman–Crippen MR) is 128 cm³/mol. The third-order valence-electron chi connectivity index (χ3n) is 6.64. The molecule has 35 heavy (non-hydrogen) atoms. The summed E-state index contributed by atoms with van der Waals surface area (Å²) < 4.78 is 7.24. The zero-order chi connectivity index (χ0) is 23.8. The number of carbonyl (C=O) groups is 2. The zero-order valence-corrected chi connectivity index (χ0v) is 19.2. The predicted octanol–water partition coefficient (Wildman–Crippen LogP) is 0.322. The normalized spacial score (nSPS) is 20.6. The molecule has 3 aromatic rings. The van der Waals surface area contributed by atoms with Gasteiger partial charge >= 0.3 is 6.09 Å². The number of anilines is 2. The minimum absolute atomic E-state index is 0.0810. The van der Waals surface area contributed by atoms with Crippen molar-refractivity contribution in [3.05, 3.63) is 36.8 Å². The van der Waals surface area contributed by atoms with Gasteiger partial charge in [-0.1, -0.05) is 0 Å². The Morgan fingerprint density at radius 1 is 1.11 bits per heavy atom. The van der Waals surface area contributed by atoms with Crippen LogP contribution in [0.15, 0.2) is 36.8 Å². The van der Waals surface area contributed by atoms with Crippen LogP contribution in [0, 0.1) is 0 Å². The second kappa shape index (κ2) is 9.02. The molecular formula is C23H27N9O3. The molecule has 3 saturated heterocycles. The van der Waals surface area contributed by atoms with E-state index in [4.69, 9.17) is 9.72 Å². The minimum atomic E-state index is -0.384. The molecule has 3 N–H and O–H groups in total. The molecule has 0 aliphatic carbocycles. The fourth-order valence-electron chi connectivity index (χ4n) is 4.54. The van der Waals surface area contributed by atoms with Crippen LogP contribution in [0.2, 0.25) is 0 Å². The van der Waals surface area contributed by atoms with Gasteiger partial charge in [0.2, 0.25) is 5.91 Å². The molecule has 6 rings (SSSR count). The van der Waals surface area contributed by atoms with Crippen LogP contribution in [0.5, 0.6) is 0 Å². The Balaban J connectivity index is 1.17. The maximum absolute atomic E-state index is 12.5. The summed E-state index contributed by atoms with van der Waals surface area (Å²) in [5.41, 5.74) is 2.63. The molecule has 0 radical (unpaired) electrons. The van der Waals surface area contributed by atoms with Crippen molar-refractivity contribution in [2.45, 2.75) is 18.6 Å². The molecule has 2 amide bonds. The number of hydrogen-bond acceptors (Lipinski definition) is 9. The van der Waals surface area contributed by atoms with Gasteiger partial charge < -0.3 is 30.5 Å². The average Bonchev–Trinajstić information content (AvgIpc) is 3.47. The lowest BCUT2D eigenvalue weighted by atomic mass is 10.1. The number of amides is 2. The number of nitrogens with zero attached hydrogens (tertiary/aromatic N) is 6. The number of pyridine rings is 1. The van der Waals surface area contributed by atoms with E-state index in [0.717, 1.165) is 41.5 Å². The van der Waals surface area contributed by atoms with E-state index in [1.54, 1.807) is 15.6 Å². The molecule has 12 nitrogen and oxygen atoms in total. The van der Waals surface area contributed by atoms with Crippen molar-refractivity contribution in [2.75, 3.05) is 56.0 Å². The number of ether oxygens (including phenoxy) is 1. The van der Waals surface area contributed by atoms with Crippen molar-refractivity contribution in [1.29, 1.82) is 0 Å². The maximum atomic E-state index is 12.5. The van der Waals surface area contributed by atoms with Gasteiger partial charge in [0, 0.05) is 57.2 Å². The van der Waals surface area contributed by atoms with E-state index in [0.29, 0.717) is 38.8 Å². The molecule has 0 saturated carbocycles. The molecular weight excluding hydrogens is 450 g/mol. The first-order valence-corrected chi connectivity index (χ1v) is 11.9. The molecule has 12 heteroatoms. The first-order valence-electron chi connectivity index (χ1n) is 11.9. The highest BCUT2D eigenvalue weighted by atomic mass is 16.6. The molecule has 3 fully saturated rings. The second-order valence-corrected chi connectivity index (χ2v) is 9.00. The Bertz CT molecular complexity index is 1250. The molecule has 3 aromatic heterocycles. The summed E-state index contributed by atoms with van der Waals surface area (Å²) in [6, 6.07) is 6.26. The lowest BCUT2D eigenvalue weighted by Gasteiger charge is -2.35. The SMILES string of the molecule is O=C1C[C@H](OC(=O)N2CCN(c3ccn4ncc(-c5cccnc5NC5CNC5)c4n3)CC2)CN1. The lowest BCUT2D eigenvalue weighted by molar-refractivity contribution is -0.119. The summed E-state index contributed by atoms with van der Waals surface area (Å²) in [5.74, 6) is 1.58. The lowest BCUT2D eigenvalue weighted by Crippen LogP contribution is -2.51. The number of fused-ring (bicyclic) bond motifs is 1. The fourth-order valence-corrected chi connectivity index (χ4v) is 4.54. The summed E-state index contributed by atoms with van der Waals surface area (Å²) in [6.45, 7) is 4.55. The second-order valence-electron chi connectivity index (χ2n) is 9.00. The molecule has 0 bridgehead atoms. The third kappa shape index (κ3) is 4.32. The quantitative estimate of drug-likeness (QED) is 0.476. The van der Waals surface area contributed by atoms with Gasteiger partial charge in [-0.2, -0.15) is 5.10 Å². The molecule has 3 aliphatic heterocycles. The van der Waals surface area contributed by atoms with E-state index < -0.39 is 0 Å². The molecule has 3 aliphatic rings. The van der Waals surface area contributed by atoms with Gasteiger partial charge in [-0.15, -0.1) is 0 Å². The summed E-state index contributed by atoms with van der Waals surface area (Å²) in [4.78, 5) is 37.1. The van der Waals surface area contributed by atoms with E-state index in [1.165, 1.54) is 0 Å². The highest BCUT2D eigenvalue weighted by Crippen LogP contribution is 2.30. The van der Waals surface area contributed by atoms with E-state index in [2.05, 4.69) is 30.9 Å². The average molecular weight is 478 g/mol. The number of piperazine rings is 1. The van der Waals surface area contributed by atoms with Crippen LogP contribution in [0.25, 0.3) is 16.8 Å². The van der Waals surface area contributed by atoms with Crippen molar-refractivity contribution in [3.63, 3.8) is 0 Å². The first-order chi connectivity index (χ1) is 17.1. The number of aromatic nitrogens is 4. The Kier molecular flexibility index (Phi) is 5.57. The van der Waals surface area contributed by atoms with Gasteiger partial charge in [-0.25, -0.2) is 19.3 Å². The van der Waals surface area contributed by atoms with Crippen molar-refractivity contribution in [2.24, 2.45) is 0 Å². The van der Waals surface area contributed by atoms with Gasteiger partial charge in [0.25, 0.3) is 0 Å². The summed E-state index contributed by atoms with van der Waals surface area (Å²) >= 11 is 0. The summed E-state index contributed by atoms with van der Waals surface area (Å²) in [5, 5.41) is 13.9. The van der Waals surface area contributed by atoms with Gasteiger partial charge in [-0.3, -0.25) is 4.79 Å². The largest absolute Gasteiger partial charge is 0.444 e. The number of carbonyl (C=O) groups excluding carboxylic acids is 2. The van der Waals surface area contributed by atoms with Crippen LogP contribution in [0.1, 0.15) is 6.42 Å². The number of rotatable bonds is 5. The molecule has 0 aromatic carbocycles. The Labute approximate surface area is 201 Å². The van der Waals surface area contributed by atoms with E-state index in [-0.39, 0.29) is 24.5 Å². The highest BCUT2D eigenvalue weighted by molar-refractivity contribution is 5.84. The standard InChI is InChI=1S/C23H27N9O3/c33-20-10-16(13-26-20)35-23(34)31-8-6-30(7-9-31)19-3-5-32-22(29-19)18(14-27-32)17-2-1-4-25-21(17)28-15-11-24-12-15/h1-5,14-16,24H,6-13H2,(H,25,28)(H,26,33)/t16-/m0/s1. The molecule has 0 spiro atoms. The molecule has 182 valence electrons. The van der Waals surface area contributed by atoms with Crippen LogP contribution >= 0.6 is 0 Å². The third-order valence-corrected chi connectivity index (χ3v) is 6.64. The highest BCUT2D eigenvalue weighted by Gasteiger charge is 2.29. The molecule has 1 atom stereocenters. The summed E-state index contributed by atoms with van der Waals surface area (Å²) in [7, 11) is 0. The van der Waals surface area contributed by atoms with E-state index in [9.17, 15) is 9.59 Å². The molecule has 0 unspecified atom stereocenters. The Hall–Kier alpha value is -3.93. The smallest absolute Gasteiger partial charge is 0.410 e. The fraction of sp³-hybridized carbons (Fsp3) is 0.435. The minimum Gasteiger partial charge on any atom is -0.444 e. The van der Waals surface area contributed by atoms with Crippen LogP contribution in [0.3, 0.4) is 0 Å². The first kappa shape index (κ1) is 21.6. The van der Waals surface area contributed by atoms with Crippen molar-refractivity contribution < 1.29 is 14.3 Å². The topological polar surface area (TPSA) is 129 Å². The zero-order valence-electron chi connectivity index (χ0n) is 19.2. The maximum Gasteiger partial charge on any atom is 0.410 e. The van der Waals surface area contributed by atoms with Gasteiger partial charge in [0.05, 0.1) is 30.8 Å².